The van der Waals surface area contributed by atoms with Crippen molar-refractivity contribution in [2.75, 3.05) is 33.4 Å². The van der Waals surface area contributed by atoms with Gasteiger partial charge in [0.15, 0.2) is 17.5 Å². The fourth-order valence-corrected chi connectivity index (χ4v) is 3.44. The number of rotatable bonds is 5. The summed E-state index contributed by atoms with van der Waals surface area (Å²) < 4.78 is 17.0. The van der Waals surface area contributed by atoms with Gasteiger partial charge in [0.05, 0.1) is 19.8 Å². The normalized spacial score (nSPS) is 14.9. The molecule has 0 saturated carbocycles. The number of hydrogen-bond acceptors (Lipinski definition) is 4. The number of nitrogens with one attached hydrogen (secondary N) is 2. The molecule has 2 aromatic carbocycles. The molecule has 2 aromatic rings. The molecule has 0 spiro atoms. The maximum absolute atomic E-state index is 5.76. The van der Waals surface area contributed by atoms with Crippen molar-refractivity contribution in [2.24, 2.45) is 4.99 Å². The van der Waals surface area contributed by atoms with Gasteiger partial charge in [0.1, 0.15) is 5.75 Å². The number of halogens is 1. The molecule has 0 unspecified atom stereocenters. The summed E-state index contributed by atoms with van der Waals surface area (Å²) in [6.45, 7) is 3.70. The van der Waals surface area contributed by atoms with Gasteiger partial charge in [-0.1, -0.05) is 18.2 Å². The minimum absolute atomic E-state index is 0. The summed E-state index contributed by atoms with van der Waals surface area (Å²) in [4.78, 5) is 4.31. The van der Waals surface area contributed by atoms with E-state index in [4.69, 9.17) is 14.2 Å². The van der Waals surface area contributed by atoms with Gasteiger partial charge in [-0.05, 0) is 41.3 Å². The molecule has 156 valence electrons. The van der Waals surface area contributed by atoms with Gasteiger partial charge >= 0.3 is 0 Å². The zero-order valence-corrected chi connectivity index (χ0v) is 19.0. The summed E-state index contributed by atoms with van der Waals surface area (Å²) in [6.07, 6.45) is 2.86. The van der Waals surface area contributed by atoms with E-state index in [2.05, 4.69) is 39.9 Å². The number of nitrogens with zero attached hydrogens (tertiary/aromatic N) is 1. The number of hydrogen-bond donors (Lipinski definition) is 2. The van der Waals surface area contributed by atoms with Crippen molar-refractivity contribution in [2.45, 2.75) is 25.8 Å². The van der Waals surface area contributed by atoms with Gasteiger partial charge in [-0.3, -0.25) is 4.99 Å². The first-order chi connectivity index (χ1) is 13.8. The van der Waals surface area contributed by atoms with E-state index in [1.54, 1.807) is 7.05 Å². The number of guanidine groups is 1. The second-order valence-corrected chi connectivity index (χ2v) is 6.97. The highest BCUT2D eigenvalue weighted by Crippen LogP contribution is 2.30. The molecule has 0 amide bonds. The summed E-state index contributed by atoms with van der Waals surface area (Å²) >= 11 is 0. The molecule has 4 rings (SSSR count). The van der Waals surface area contributed by atoms with Gasteiger partial charge in [0.2, 0.25) is 0 Å². The Labute approximate surface area is 189 Å². The van der Waals surface area contributed by atoms with Crippen LogP contribution in [0, 0.1) is 0 Å². The molecule has 2 aliphatic rings. The smallest absolute Gasteiger partial charge is 0.191 e. The van der Waals surface area contributed by atoms with E-state index in [1.165, 1.54) is 11.1 Å². The second-order valence-electron chi connectivity index (χ2n) is 6.97. The number of ether oxygens (including phenoxy) is 3. The Bertz CT molecular complexity index is 857. The highest BCUT2D eigenvalue weighted by atomic mass is 127. The largest absolute Gasteiger partial charge is 0.493 e. The predicted molar refractivity (Wildman–Crippen MR) is 125 cm³/mol. The van der Waals surface area contributed by atoms with Crippen LogP contribution in [0.25, 0.3) is 0 Å². The van der Waals surface area contributed by atoms with Crippen LogP contribution in [0.1, 0.15) is 23.1 Å². The van der Waals surface area contributed by atoms with Crippen molar-refractivity contribution < 1.29 is 14.2 Å². The van der Waals surface area contributed by atoms with Crippen LogP contribution in [0.4, 0.5) is 0 Å². The molecular weight excluding hydrogens is 481 g/mol. The molecule has 2 N–H and O–H groups in total. The lowest BCUT2D eigenvalue weighted by Crippen LogP contribution is -2.37. The first-order valence-electron chi connectivity index (χ1n) is 9.89. The molecule has 0 saturated heterocycles. The maximum Gasteiger partial charge on any atom is 0.191 e. The molecule has 29 heavy (non-hydrogen) atoms. The third-order valence-corrected chi connectivity index (χ3v) is 4.96. The Morgan fingerprint density at radius 1 is 0.897 bits per heavy atom. The van der Waals surface area contributed by atoms with Crippen LogP contribution in [0.3, 0.4) is 0 Å². The molecule has 0 radical (unpaired) electrons. The maximum atomic E-state index is 5.76. The minimum Gasteiger partial charge on any atom is -0.493 e. The van der Waals surface area contributed by atoms with Gasteiger partial charge in [-0.25, -0.2) is 0 Å². The second kappa shape index (κ2) is 10.6. The van der Waals surface area contributed by atoms with Gasteiger partial charge in [0, 0.05) is 33.0 Å². The molecule has 0 fully saturated rings. The molecule has 0 aromatic heterocycles. The van der Waals surface area contributed by atoms with E-state index in [9.17, 15) is 0 Å². The highest BCUT2D eigenvalue weighted by Gasteiger charge is 2.12. The minimum atomic E-state index is 0. The summed E-state index contributed by atoms with van der Waals surface area (Å²) in [5, 5.41) is 6.74. The van der Waals surface area contributed by atoms with Crippen molar-refractivity contribution in [3.05, 3.63) is 53.1 Å². The van der Waals surface area contributed by atoms with Gasteiger partial charge in [-0.2, -0.15) is 0 Å². The van der Waals surface area contributed by atoms with E-state index < -0.39 is 0 Å². The molecule has 7 heteroatoms. The zero-order chi connectivity index (χ0) is 19.2. The van der Waals surface area contributed by atoms with E-state index >= 15 is 0 Å². The summed E-state index contributed by atoms with van der Waals surface area (Å²) in [6, 6.07) is 12.5. The van der Waals surface area contributed by atoms with E-state index in [0.29, 0.717) is 19.8 Å². The first kappa shape index (κ1) is 21.5. The standard InChI is InChI=1S/C22H27N3O3.HI/c1-23-22(24-9-7-16-3-5-19-18(13-16)8-12-28-19)25-15-17-4-6-20-21(14-17)27-11-2-10-26-20;/h3-6,13-14H,2,7-12,15H2,1H3,(H2,23,24,25);1H. The van der Waals surface area contributed by atoms with Crippen molar-refractivity contribution in [1.29, 1.82) is 0 Å². The zero-order valence-electron chi connectivity index (χ0n) is 16.7. The monoisotopic (exact) mass is 509 g/mol. The van der Waals surface area contributed by atoms with Crippen molar-refractivity contribution in [1.82, 2.24) is 10.6 Å². The van der Waals surface area contributed by atoms with Gasteiger partial charge < -0.3 is 24.8 Å². The molecule has 6 nitrogen and oxygen atoms in total. The molecule has 2 heterocycles. The highest BCUT2D eigenvalue weighted by molar-refractivity contribution is 14.0. The Kier molecular flexibility index (Phi) is 7.85. The fraction of sp³-hybridized carbons (Fsp3) is 0.409. The molecule has 2 aliphatic heterocycles. The van der Waals surface area contributed by atoms with Crippen molar-refractivity contribution in [3.63, 3.8) is 0 Å². The van der Waals surface area contributed by atoms with Gasteiger partial charge in [-0.15, -0.1) is 24.0 Å². The summed E-state index contributed by atoms with van der Waals surface area (Å²) in [5.74, 6) is 3.46. The lowest BCUT2D eigenvalue weighted by molar-refractivity contribution is 0.297. The van der Waals surface area contributed by atoms with Crippen LogP contribution in [0.15, 0.2) is 41.4 Å². The summed E-state index contributed by atoms with van der Waals surface area (Å²) in [5.41, 5.74) is 3.76. The van der Waals surface area contributed by atoms with E-state index in [1.807, 2.05) is 12.1 Å². The quantitative estimate of drug-likeness (QED) is 0.368. The van der Waals surface area contributed by atoms with Crippen molar-refractivity contribution in [3.8, 4) is 17.2 Å². The Balaban J connectivity index is 0.00000240. The molecular formula is C22H28IN3O3. The van der Waals surface area contributed by atoms with Crippen LogP contribution in [-0.4, -0.2) is 39.4 Å². The Morgan fingerprint density at radius 2 is 1.66 bits per heavy atom. The topological polar surface area (TPSA) is 64.1 Å². The average molecular weight is 509 g/mol. The fourth-order valence-electron chi connectivity index (χ4n) is 3.44. The lowest BCUT2D eigenvalue weighted by Gasteiger charge is -2.13. The SMILES string of the molecule is CN=C(NCCc1ccc2c(c1)CCO2)NCc1ccc2c(c1)OCCCO2.I. The third kappa shape index (κ3) is 5.68. The van der Waals surface area contributed by atoms with E-state index in [-0.39, 0.29) is 24.0 Å². The number of aliphatic imine (C=N–C) groups is 1. The first-order valence-corrected chi connectivity index (χ1v) is 9.89. The molecule has 0 aliphatic carbocycles. The van der Waals surface area contributed by atoms with Crippen LogP contribution < -0.4 is 24.8 Å². The molecule has 0 atom stereocenters. The van der Waals surface area contributed by atoms with Crippen LogP contribution >= 0.6 is 24.0 Å². The lowest BCUT2D eigenvalue weighted by atomic mass is 10.1. The number of fused-ring (bicyclic) bond motifs is 2. The molecule has 0 bridgehead atoms. The Hall–Kier alpha value is -2.16. The van der Waals surface area contributed by atoms with Crippen LogP contribution in [0.5, 0.6) is 17.2 Å². The predicted octanol–water partition coefficient (Wildman–Crippen LogP) is 3.31. The van der Waals surface area contributed by atoms with Crippen LogP contribution in [0.2, 0.25) is 0 Å². The Morgan fingerprint density at radius 3 is 2.52 bits per heavy atom. The van der Waals surface area contributed by atoms with Crippen LogP contribution in [-0.2, 0) is 19.4 Å². The average Bonchev–Trinajstić information content (AvgIpc) is 3.06. The van der Waals surface area contributed by atoms with Crippen molar-refractivity contribution >= 4 is 29.9 Å². The third-order valence-electron chi connectivity index (χ3n) is 4.96. The van der Waals surface area contributed by atoms with Gasteiger partial charge in [0.25, 0.3) is 0 Å². The number of benzene rings is 2. The van der Waals surface area contributed by atoms with E-state index in [0.717, 1.165) is 61.2 Å². The summed E-state index contributed by atoms with van der Waals surface area (Å²) in [7, 11) is 1.79.